The third-order valence-corrected chi connectivity index (χ3v) is 4.75. The Morgan fingerprint density at radius 3 is 2.65 bits per heavy atom. The van der Waals surface area contributed by atoms with E-state index in [9.17, 15) is 0 Å². The molecule has 20 heavy (non-hydrogen) atoms. The van der Waals surface area contributed by atoms with Crippen LogP contribution in [-0.2, 0) is 10.5 Å². The largest absolute Gasteiger partial charge is 0.379 e. The van der Waals surface area contributed by atoms with Gasteiger partial charge < -0.3 is 4.74 Å². The van der Waals surface area contributed by atoms with Crippen LogP contribution in [0.4, 0.5) is 0 Å². The van der Waals surface area contributed by atoms with E-state index in [1.165, 1.54) is 28.6 Å². The van der Waals surface area contributed by atoms with E-state index in [0.29, 0.717) is 0 Å². The number of ether oxygens (including phenoxy) is 1. The maximum atomic E-state index is 5.37. The molecule has 0 N–H and O–H groups in total. The third-order valence-electron chi connectivity index (χ3n) is 3.74. The fourth-order valence-electron chi connectivity index (χ4n) is 2.54. The van der Waals surface area contributed by atoms with Gasteiger partial charge in [-0.3, -0.25) is 4.90 Å². The highest BCUT2D eigenvalue weighted by Gasteiger charge is 2.09. The Kier molecular flexibility index (Phi) is 4.96. The second-order valence-electron chi connectivity index (χ2n) is 5.19. The maximum Gasteiger partial charge on any atom is 0.0594 e. The van der Waals surface area contributed by atoms with Crippen LogP contribution >= 0.6 is 11.8 Å². The normalized spacial score (nSPS) is 16.6. The van der Waals surface area contributed by atoms with Crippen LogP contribution in [0.1, 0.15) is 5.56 Å². The molecule has 0 bridgehead atoms. The van der Waals surface area contributed by atoms with Crippen molar-refractivity contribution in [3.05, 3.63) is 48.0 Å². The minimum absolute atomic E-state index is 0.898. The Balaban J connectivity index is 1.47. The van der Waals surface area contributed by atoms with Crippen LogP contribution in [0.2, 0.25) is 0 Å². The fourth-order valence-corrected chi connectivity index (χ4v) is 3.48. The Morgan fingerprint density at radius 1 is 1.00 bits per heavy atom. The Labute approximate surface area is 125 Å². The van der Waals surface area contributed by atoms with Crippen LogP contribution in [0, 0.1) is 0 Å². The molecular weight excluding hydrogens is 266 g/mol. The Hall–Kier alpha value is -1.03. The van der Waals surface area contributed by atoms with Gasteiger partial charge in [0.15, 0.2) is 0 Å². The van der Waals surface area contributed by atoms with Crippen molar-refractivity contribution in [2.24, 2.45) is 0 Å². The lowest BCUT2D eigenvalue weighted by Crippen LogP contribution is -2.37. The molecule has 2 aromatic rings. The molecule has 3 rings (SSSR count). The van der Waals surface area contributed by atoms with Crippen LogP contribution in [0.3, 0.4) is 0 Å². The number of morpholine rings is 1. The van der Waals surface area contributed by atoms with Crippen molar-refractivity contribution in [2.45, 2.75) is 5.75 Å². The van der Waals surface area contributed by atoms with Crippen molar-refractivity contribution in [1.29, 1.82) is 0 Å². The first-order valence-corrected chi connectivity index (χ1v) is 8.43. The molecule has 1 aliphatic heterocycles. The summed E-state index contributed by atoms with van der Waals surface area (Å²) in [5.74, 6) is 2.31. The molecule has 0 aromatic heterocycles. The number of hydrogen-bond donors (Lipinski definition) is 0. The van der Waals surface area contributed by atoms with Gasteiger partial charge >= 0.3 is 0 Å². The standard InChI is InChI=1S/C17H21NOS/c1-2-4-17-13-15(5-6-16(17)3-1)14-20-12-9-18-7-10-19-11-8-18/h1-6,13H,7-12,14H2. The second-order valence-corrected chi connectivity index (χ2v) is 6.29. The molecule has 0 saturated carbocycles. The second kappa shape index (κ2) is 7.11. The van der Waals surface area contributed by atoms with Gasteiger partial charge in [-0.1, -0.05) is 42.5 Å². The zero-order valence-corrected chi connectivity index (χ0v) is 12.6. The molecule has 2 nitrogen and oxygen atoms in total. The van der Waals surface area contributed by atoms with E-state index in [-0.39, 0.29) is 0 Å². The molecule has 1 aliphatic rings. The number of fused-ring (bicyclic) bond motifs is 1. The fraction of sp³-hybridized carbons (Fsp3) is 0.412. The van der Waals surface area contributed by atoms with Gasteiger partial charge in [0.05, 0.1) is 13.2 Å². The van der Waals surface area contributed by atoms with E-state index in [0.717, 1.165) is 32.1 Å². The third kappa shape index (κ3) is 3.75. The summed E-state index contributed by atoms with van der Waals surface area (Å²) in [6.07, 6.45) is 0. The lowest BCUT2D eigenvalue weighted by Gasteiger charge is -2.26. The highest BCUT2D eigenvalue weighted by atomic mass is 32.2. The van der Waals surface area contributed by atoms with Gasteiger partial charge in [-0.15, -0.1) is 0 Å². The summed E-state index contributed by atoms with van der Waals surface area (Å²) in [4.78, 5) is 2.50. The van der Waals surface area contributed by atoms with Crippen LogP contribution in [0.25, 0.3) is 10.8 Å². The molecule has 1 fully saturated rings. The van der Waals surface area contributed by atoms with Gasteiger partial charge in [0.2, 0.25) is 0 Å². The lowest BCUT2D eigenvalue weighted by molar-refractivity contribution is 0.0410. The first-order chi connectivity index (χ1) is 9.92. The number of benzene rings is 2. The van der Waals surface area contributed by atoms with E-state index < -0.39 is 0 Å². The number of thioether (sulfide) groups is 1. The predicted octanol–water partition coefficient (Wildman–Crippen LogP) is 3.41. The first-order valence-electron chi connectivity index (χ1n) is 7.27. The maximum absolute atomic E-state index is 5.37. The van der Waals surface area contributed by atoms with Crippen LogP contribution < -0.4 is 0 Å². The average Bonchev–Trinajstić information content (AvgIpc) is 2.52. The molecular formula is C17H21NOS. The zero-order valence-electron chi connectivity index (χ0n) is 11.8. The monoisotopic (exact) mass is 287 g/mol. The van der Waals surface area contributed by atoms with E-state index in [4.69, 9.17) is 4.74 Å². The molecule has 0 spiro atoms. The highest BCUT2D eigenvalue weighted by molar-refractivity contribution is 7.98. The summed E-state index contributed by atoms with van der Waals surface area (Å²) >= 11 is 2.03. The van der Waals surface area contributed by atoms with Crippen molar-refractivity contribution in [2.75, 3.05) is 38.6 Å². The molecule has 0 radical (unpaired) electrons. The minimum atomic E-state index is 0.898. The molecule has 3 heteroatoms. The quantitative estimate of drug-likeness (QED) is 0.782. The molecule has 0 atom stereocenters. The van der Waals surface area contributed by atoms with Crippen LogP contribution in [0.5, 0.6) is 0 Å². The minimum Gasteiger partial charge on any atom is -0.379 e. The highest BCUT2D eigenvalue weighted by Crippen LogP contribution is 2.19. The van der Waals surface area contributed by atoms with E-state index in [2.05, 4.69) is 47.4 Å². The Morgan fingerprint density at radius 2 is 1.80 bits per heavy atom. The van der Waals surface area contributed by atoms with Crippen molar-refractivity contribution in [1.82, 2.24) is 4.90 Å². The summed E-state index contributed by atoms with van der Waals surface area (Å²) in [6, 6.07) is 15.4. The van der Waals surface area contributed by atoms with Gasteiger partial charge in [0.25, 0.3) is 0 Å². The van der Waals surface area contributed by atoms with Crippen LogP contribution in [0.15, 0.2) is 42.5 Å². The van der Waals surface area contributed by atoms with Gasteiger partial charge in [-0.2, -0.15) is 11.8 Å². The van der Waals surface area contributed by atoms with E-state index in [1.807, 2.05) is 11.8 Å². The lowest BCUT2D eigenvalue weighted by atomic mass is 10.1. The summed E-state index contributed by atoms with van der Waals surface area (Å²) < 4.78 is 5.37. The van der Waals surface area contributed by atoms with Crippen molar-refractivity contribution in [3.63, 3.8) is 0 Å². The molecule has 1 heterocycles. The van der Waals surface area contributed by atoms with Gasteiger partial charge in [0.1, 0.15) is 0 Å². The summed E-state index contributed by atoms with van der Waals surface area (Å²) in [5.41, 5.74) is 1.43. The van der Waals surface area contributed by atoms with Crippen molar-refractivity contribution in [3.8, 4) is 0 Å². The topological polar surface area (TPSA) is 12.5 Å². The summed E-state index contributed by atoms with van der Waals surface area (Å²) in [7, 11) is 0. The van der Waals surface area contributed by atoms with E-state index >= 15 is 0 Å². The average molecular weight is 287 g/mol. The SMILES string of the molecule is c1ccc2cc(CSCCN3CCOCC3)ccc2c1. The number of hydrogen-bond acceptors (Lipinski definition) is 3. The van der Waals surface area contributed by atoms with Gasteiger partial charge in [0, 0.05) is 31.1 Å². The first kappa shape index (κ1) is 13.9. The summed E-state index contributed by atoms with van der Waals surface area (Å²) in [6.45, 7) is 5.17. The smallest absolute Gasteiger partial charge is 0.0594 e. The Bertz CT molecular complexity index is 551. The molecule has 0 amide bonds. The van der Waals surface area contributed by atoms with Crippen molar-refractivity contribution >= 4 is 22.5 Å². The summed E-state index contributed by atoms with van der Waals surface area (Å²) in [5, 5.41) is 2.67. The van der Waals surface area contributed by atoms with Crippen LogP contribution in [-0.4, -0.2) is 43.5 Å². The van der Waals surface area contributed by atoms with Gasteiger partial charge in [-0.25, -0.2) is 0 Å². The van der Waals surface area contributed by atoms with Crippen molar-refractivity contribution < 1.29 is 4.74 Å². The molecule has 2 aromatic carbocycles. The molecule has 0 unspecified atom stereocenters. The number of rotatable bonds is 5. The predicted molar refractivity (Wildman–Crippen MR) is 87.4 cm³/mol. The van der Waals surface area contributed by atoms with Gasteiger partial charge in [-0.05, 0) is 16.3 Å². The molecule has 1 saturated heterocycles. The molecule has 106 valence electrons. The zero-order chi connectivity index (χ0) is 13.6. The number of nitrogens with zero attached hydrogens (tertiary/aromatic N) is 1. The van der Waals surface area contributed by atoms with E-state index in [1.54, 1.807) is 0 Å². The molecule has 0 aliphatic carbocycles.